The molecule has 1 atom stereocenters. The molecule has 1 saturated heterocycles. The molecule has 84 valence electrons. The lowest BCUT2D eigenvalue weighted by atomic mass is 10.3. The molecule has 1 aliphatic rings. The first-order valence-corrected chi connectivity index (χ1v) is 5.78. The predicted octanol–water partition coefficient (Wildman–Crippen LogP) is 0.384. The topological polar surface area (TPSA) is 69.6 Å². The van der Waals surface area contributed by atoms with E-state index < -0.39 is 12.0 Å². The zero-order valence-electron chi connectivity index (χ0n) is 8.31. The molecular weight excluding hydrogens is 216 g/mol. The molecule has 1 rings (SSSR count). The predicted molar refractivity (Wildman–Crippen MR) is 59.1 cm³/mol. The highest BCUT2D eigenvalue weighted by Crippen LogP contribution is 2.16. The largest absolute Gasteiger partial charge is 0.480 e. The lowest BCUT2D eigenvalue weighted by Gasteiger charge is -2.32. The van der Waals surface area contributed by atoms with Gasteiger partial charge in [0, 0.05) is 24.6 Å². The summed E-state index contributed by atoms with van der Waals surface area (Å²) in [5.74, 6) is 0.290. The van der Waals surface area contributed by atoms with Crippen molar-refractivity contribution < 1.29 is 14.7 Å². The number of carboxylic acids is 1. The lowest BCUT2D eigenvalue weighted by Crippen LogP contribution is -2.53. The summed E-state index contributed by atoms with van der Waals surface area (Å²) in [5.41, 5.74) is 0. The first kappa shape index (κ1) is 11.9. The van der Waals surface area contributed by atoms with E-state index >= 15 is 0 Å². The minimum absolute atomic E-state index is 0.331. The molecule has 0 saturated carbocycles. The van der Waals surface area contributed by atoms with Crippen LogP contribution in [0.4, 0.5) is 4.79 Å². The minimum atomic E-state index is -0.948. The SMILES string of the molecule is C=CCNC(=O)N1CCSCC1C(=O)O. The van der Waals surface area contributed by atoms with Gasteiger partial charge in [-0.25, -0.2) is 9.59 Å². The summed E-state index contributed by atoms with van der Waals surface area (Å²) in [7, 11) is 0. The maximum atomic E-state index is 11.6. The van der Waals surface area contributed by atoms with Gasteiger partial charge in [-0.1, -0.05) is 6.08 Å². The monoisotopic (exact) mass is 230 g/mol. The second-order valence-electron chi connectivity index (χ2n) is 3.10. The van der Waals surface area contributed by atoms with Gasteiger partial charge in [0.15, 0.2) is 0 Å². The number of thioether (sulfide) groups is 1. The zero-order chi connectivity index (χ0) is 11.3. The number of urea groups is 1. The number of rotatable bonds is 3. The van der Waals surface area contributed by atoms with Gasteiger partial charge in [0.05, 0.1) is 0 Å². The molecule has 1 aliphatic heterocycles. The van der Waals surface area contributed by atoms with Gasteiger partial charge < -0.3 is 15.3 Å². The lowest BCUT2D eigenvalue weighted by molar-refractivity contribution is -0.141. The molecule has 0 aromatic rings. The molecule has 15 heavy (non-hydrogen) atoms. The van der Waals surface area contributed by atoms with Gasteiger partial charge in [-0.05, 0) is 0 Å². The number of nitrogens with one attached hydrogen (secondary N) is 1. The number of carbonyl (C=O) groups is 2. The fourth-order valence-corrected chi connectivity index (χ4v) is 2.35. The smallest absolute Gasteiger partial charge is 0.327 e. The highest BCUT2D eigenvalue weighted by molar-refractivity contribution is 7.99. The average Bonchev–Trinajstić information content (AvgIpc) is 2.25. The number of amides is 2. The van der Waals surface area contributed by atoms with Crippen molar-refractivity contribution in [3.63, 3.8) is 0 Å². The Labute approximate surface area is 92.5 Å². The molecule has 0 radical (unpaired) electrons. The number of carboxylic acid groups (broad SMARTS) is 1. The average molecular weight is 230 g/mol. The van der Waals surface area contributed by atoms with Crippen LogP contribution in [0.2, 0.25) is 0 Å². The van der Waals surface area contributed by atoms with Crippen LogP contribution < -0.4 is 5.32 Å². The molecule has 0 spiro atoms. The van der Waals surface area contributed by atoms with E-state index in [1.165, 1.54) is 4.90 Å². The van der Waals surface area contributed by atoms with E-state index in [1.54, 1.807) is 17.8 Å². The number of aliphatic carboxylic acids is 1. The zero-order valence-corrected chi connectivity index (χ0v) is 9.13. The van der Waals surface area contributed by atoms with Crippen molar-refractivity contribution in [2.24, 2.45) is 0 Å². The third-order valence-electron chi connectivity index (χ3n) is 2.07. The summed E-state index contributed by atoms with van der Waals surface area (Å²) in [6.07, 6.45) is 1.56. The maximum Gasteiger partial charge on any atom is 0.327 e. The Bertz CT molecular complexity index is 270. The highest BCUT2D eigenvalue weighted by Gasteiger charge is 2.31. The standard InChI is InChI=1S/C9H14N2O3S/c1-2-3-10-9(14)11-4-5-15-6-7(11)8(12)13/h2,7H,1,3-6H2,(H,10,14)(H,12,13). The minimum Gasteiger partial charge on any atom is -0.480 e. The Morgan fingerprint density at radius 3 is 3.00 bits per heavy atom. The summed E-state index contributed by atoms with van der Waals surface area (Å²) in [6.45, 7) is 4.31. The molecule has 0 bridgehead atoms. The Hall–Kier alpha value is -1.17. The maximum absolute atomic E-state index is 11.6. The van der Waals surface area contributed by atoms with Crippen molar-refractivity contribution in [2.75, 3.05) is 24.6 Å². The van der Waals surface area contributed by atoms with Crippen LogP contribution in [0.3, 0.4) is 0 Å². The highest BCUT2D eigenvalue weighted by atomic mass is 32.2. The van der Waals surface area contributed by atoms with E-state index in [-0.39, 0.29) is 6.03 Å². The summed E-state index contributed by atoms with van der Waals surface area (Å²) < 4.78 is 0. The first-order valence-electron chi connectivity index (χ1n) is 4.62. The molecule has 2 N–H and O–H groups in total. The van der Waals surface area contributed by atoms with E-state index in [4.69, 9.17) is 5.11 Å². The number of hydrogen-bond acceptors (Lipinski definition) is 3. The number of hydrogen-bond donors (Lipinski definition) is 2. The van der Waals surface area contributed by atoms with Crippen molar-refractivity contribution in [1.82, 2.24) is 10.2 Å². The summed E-state index contributed by atoms with van der Waals surface area (Å²) in [4.78, 5) is 23.8. The number of carbonyl (C=O) groups excluding carboxylic acids is 1. The Morgan fingerprint density at radius 2 is 2.40 bits per heavy atom. The molecule has 1 heterocycles. The second-order valence-corrected chi connectivity index (χ2v) is 4.25. The Balaban J connectivity index is 2.58. The van der Waals surface area contributed by atoms with Crippen LogP contribution in [-0.2, 0) is 4.79 Å². The molecule has 1 unspecified atom stereocenters. The van der Waals surface area contributed by atoms with Crippen LogP contribution >= 0.6 is 11.8 Å². The van der Waals surface area contributed by atoms with Crippen molar-refractivity contribution >= 4 is 23.8 Å². The second kappa shape index (κ2) is 5.65. The van der Waals surface area contributed by atoms with Crippen molar-refractivity contribution in [1.29, 1.82) is 0 Å². The van der Waals surface area contributed by atoms with Gasteiger partial charge in [0.2, 0.25) is 0 Å². The van der Waals surface area contributed by atoms with Gasteiger partial charge in [-0.2, -0.15) is 11.8 Å². The van der Waals surface area contributed by atoms with E-state index in [0.717, 1.165) is 5.75 Å². The van der Waals surface area contributed by atoms with Crippen LogP contribution in [0.1, 0.15) is 0 Å². The van der Waals surface area contributed by atoms with E-state index in [2.05, 4.69) is 11.9 Å². The van der Waals surface area contributed by atoms with Crippen molar-refractivity contribution in [2.45, 2.75) is 6.04 Å². The summed E-state index contributed by atoms with van der Waals surface area (Å²) in [5, 5.41) is 11.5. The van der Waals surface area contributed by atoms with Crippen molar-refractivity contribution in [3.8, 4) is 0 Å². The first-order chi connectivity index (χ1) is 7.16. The third-order valence-corrected chi connectivity index (χ3v) is 3.09. The molecular formula is C9H14N2O3S. The van der Waals surface area contributed by atoms with E-state index in [9.17, 15) is 9.59 Å². The quantitative estimate of drug-likeness (QED) is 0.688. The van der Waals surface area contributed by atoms with Gasteiger partial charge in [0.25, 0.3) is 0 Å². The molecule has 0 aliphatic carbocycles. The van der Waals surface area contributed by atoms with Gasteiger partial charge in [0.1, 0.15) is 6.04 Å². The summed E-state index contributed by atoms with van der Waals surface area (Å²) >= 11 is 1.55. The van der Waals surface area contributed by atoms with Crippen LogP contribution in [0, 0.1) is 0 Å². The van der Waals surface area contributed by atoms with Gasteiger partial charge >= 0.3 is 12.0 Å². The fraction of sp³-hybridized carbons (Fsp3) is 0.556. The number of nitrogens with zero attached hydrogens (tertiary/aromatic N) is 1. The van der Waals surface area contributed by atoms with E-state index in [0.29, 0.717) is 18.8 Å². The molecule has 1 fully saturated rings. The Kier molecular flexibility index (Phi) is 4.48. The van der Waals surface area contributed by atoms with Crippen molar-refractivity contribution in [3.05, 3.63) is 12.7 Å². The van der Waals surface area contributed by atoms with Gasteiger partial charge in [-0.15, -0.1) is 6.58 Å². The molecule has 5 nitrogen and oxygen atoms in total. The van der Waals surface area contributed by atoms with Gasteiger partial charge in [-0.3, -0.25) is 0 Å². The molecule has 0 aromatic heterocycles. The van der Waals surface area contributed by atoms with Crippen LogP contribution in [0.5, 0.6) is 0 Å². The third kappa shape index (κ3) is 3.16. The van der Waals surface area contributed by atoms with Crippen LogP contribution in [0.25, 0.3) is 0 Å². The Morgan fingerprint density at radius 1 is 1.67 bits per heavy atom. The van der Waals surface area contributed by atoms with Crippen LogP contribution in [0.15, 0.2) is 12.7 Å². The normalized spacial score (nSPS) is 20.8. The molecule has 2 amide bonds. The summed E-state index contributed by atoms with van der Waals surface area (Å²) in [6, 6.07) is -1.05. The molecule has 6 heteroatoms. The van der Waals surface area contributed by atoms with E-state index in [1.807, 2.05) is 0 Å². The molecule has 0 aromatic carbocycles. The fourth-order valence-electron chi connectivity index (χ4n) is 1.31. The van der Waals surface area contributed by atoms with Crippen LogP contribution in [-0.4, -0.2) is 52.6 Å².